The molecule has 2 aliphatic rings. The van der Waals surface area contributed by atoms with Crippen molar-refractivity contribution in [2.24, 2.45) is 0 Å². The third-order valence-corrected chi connectivity index (χ3v) is 5.63. The van der Waals surface area contributed by atoms with E-state index in [0.29, 0.717) is 28.9 Å². The third kappa shape index (κ3) is 3.07. The van der Waals surface area contributed by atoms with Gasteiger partial charge < -0.3 is 10.0 Å². The fourth-order valence-electron chi connectivity index (χ4n) is 3.65. The van der Waals surface area contributed by atoms with Gasteiger partial charge in [0.2, 0.25) is 5.91 Å². The van der Waals surface area contributed by atoms with Gasteiger partial charge >= 0.3 is 0 Å². The number of likely N-dealkylation sites (tertiary alicyclic amines) is 1. The van der Waals surface area contributed by atoms with Crippen molar-refractivity contribution >= 4 is 29.1 Å². The van der Waals surface area contributed by atoms with E-state index in [0.717, 1.165) is 36.9 Å². The molecule has 2 fully saturated rings. The summed E-state index contributed by atoms with van der Waals surface area (Å²) in [4.78, 5) is 13.6. The average molecular weight is 342 g/mol. The van der Waals surface area contributed by atoms with Gasteiger partial charge in [0.15, 0.2) is 0 Å². The molecule has 0 bridgehead atoms. The highest BCUT2D eigenvalue weighted by atomic mass is 35.5. The zero-order valence-electron chi connectivity index (χ0n) is 12.6. The molecule has 0 aromatic heterocycles. The highest BCUT2D eigenvalue weighted by molar-refractivity contribution is 6.36. The SMILES string of the molecule is O=C1CCCN1Cc1c(Cl)cc(O)c(C2CCCCC2)c1Cl. The molecule has 1 N–H and O–H groups in total. The van der Waals surface area contributed by atoms with Gasteiger partial charge in [-0.05, 0) is 31.2 Å². The number of carbonyl (C=O) groups is 1. The molecule has 22 heavy (non-hydrogen) atoms. The number of hydrogen-bond acceptors (Lipinski definition) is 2. The maximum atomic E-state index is 11.8. The van der Waals surface area contributed by atoms with Gasteiger partial charge in [0.05, 0.1) is 10.0 Å². The van der Waals surface area contributed by atoms with Crippen molar-refractivity contribution in [2.75, 3.05) is 6.54 Å². The first-order valence-corrected chi connectivity index (χ1v) is 8.81. The minimum Gasteiger partial charge on any atom is -0.508 e. The van der Waals surface area contributed by atoms with Crippen LogP contribution in [0.1, 0.15) is 62.0 Å². The number of phenols is 1. The molecule has 1 aromatic rings. The van der Waals surface area contributed by atoms with Crippen LogP contribution in [0.5, 0.6) is 5.75 Å². The van der Waals surface area contributed by atoms with Crippen LogP contribution in [0.2, 0.25) is 10.0 Å². The second kappa shape index (κ2) is 6.67. The largest absolute Gasteiger partial charge is 0.508 e. The van der Waals surface area contributed by atoms with E-state index in [1.54, 1.807) is 11.0 Å². The molecule has 5 heteroatoms. The maximum Gasteiger partial charge on any atom is 0.222 e. The van der Waals surface area contributed by atoms with Crippen LogP contribution in [0, 0.1) is 0 Å². The first kappa shape index (κ1) is 15.9. The van der Waals surface area contributed by atoms with Crippen molar-refractivity contribution in [3.8, 4) is 5.75 Å². The van der Waals surface area contributed by atoms with Crippen molar-refractivity contribution in [1.29, 1.82) is 0 Å². The number of phenolic OH excluding ortho intramolecular Hbond substituents is 1. The van der Waals surface area contributed by atoms with E-state index in [9.17, 15) is 9.90 Å². The first-order valence-electron chi connectivity index (χ1n) is 8.05. The van der Waals surface area contributed by atoms with Crippen molar-refractivity contribution in [3.63, 3.8) is 0 Å². The fourth-order valence-corrected chi connectivity index (χ4v) is 4.37. The Morgan fingerprint density at radius 3 is 2.55 bits per heavy atom. The monoisotopic (exact) mass is 341 g/mol. The number of halogens is 2. The molecule has 1 saturated heterocycles. The van der Waals surface area contributed by atoms with Crippen LogP contribution in [0.25, 0.3) is 0 Å². The van der Waals surface area contributed by atoms with Gasteiger partial charge in [-0.1, -0.05) is 42.5 Å². The second-order valence-corrected chi connectivity index (χ2v) is 7.12. The summed E-state index contributed by atoms with van der Waals surface area (Å²) in [7, 11) is 0. The van der Waals surface area contributed by atoms with Gasteiger partial charge in [-0.3, -0.25) is 4.79 Å². The predicted octanol–water partition coefficient (Wildman–Crippen LogP) is 4.87. The van der Waals surface area contributed by atoms with E-state index in [1.165, 1.54) is 19.3 Å². The van der Waals surface area contributed by atoms with Gasteiger partial charge in [-0.25, -0.2) is 0 Å². The van der Waals surface area contributed by atoms with E-state index in [2.05, 4.69) is 0 Å². The summed E-state index contributed by atoms with van der Waals surface area (Å²) < 4.78 is 0. The lowest BCUT2D eigenvalue weighted by Crippen LogP contribution is -2.24. The summed E-state index contributed by atoms with van der Waals surface area (Å²) in [6.07, 6.45) is 7.18. The van der Waals surface area contributed by atoms with E-state index in [1.807, 2.05) is 0 Å². The van der Waals surface area contributed by atoms with Gasteiger partial charge in [0, 0.05) is 30.6 Å². The fraction of sp³-hybridized carbons (Fsp3) is 0.588. The Bertz CT molecular complexity index is 583. The Balaban J connectivity index is 1.93. The van der Waals surface area contributed by atoms with Crippen molar-refractivity contribution < 1.29 is 9.90 Å². The van der Waals surface area contributed by atoms with Crippen LogP contribution < -0.4 is 0 Å². The number of hydrogen-bond donors (Lipinski definition) is 1. The molecule has 0 spiro atoms. The molecule has 3 nitrogen and oxygen atoms in total. The molecule has 3 rings (SSSR count). The highest BCUT2D eigenvalue weighted by Crippen LogP contribution is 2.45. The number of aromatic hydroxyl groups is 1. The number of rotatable bonds is 3. The molecule has 1 saturated carbocycles. The van der Waals surface area contributed by atoms with Crippen molar-refractivity contribution in [1.82, 2.24) is 4.90 Å². The molecule has 120 valence electrons. The topological polar surface area (TPSA) is 40.5 Å². The number of nitrogens with zero attached hydrogens (tertiary/aromatic N) is 1. The summed E-state index contributed by atoms with van der Waals surface area (Å²) in [6, 6.07) is 1.59. The highest BCUT2D eigenvalue weighted by Gasteiger charge is 2.27. The van der Waals surface area contributed by atoms with Gasteiger partial charge in [-0.2, -0.15) is 0 Å². The number of carbonyl (C=O) groups excluding carboxylic acids is 1. The number of benzene rings is 1. The molecule has 0 radical (unpaired) electrons. The molecule has 1 amide bonds. The zero-order chi connectivity index (χ0) is 15.7. The zero-order valence-corrected chi connectivity index (χ0v) is 14.1. The van der Waals surface area contributed by atoms with Crippen LogP contribution in [-0.2, 0) is 11.3 Å². The summed E-state index contributed by atoms with van der Waals surface area (Å²) in [5, 5.41) is 11.3. The van der Waals surface area contributed by atoms with Crippen LogP contribution in [0.15, 0.2) is 6.07 Å². The molecule has 1 aromatic carbocycles. The number of amides is 1. The summed E-state index contributed by atoms with van der Waals surface area (Å²) in [5.74, 6) is 0.643. The minimum absolute atomic E-state index is 0.152. The van der Waals surface area contributed by atoms with E-state index < -0.39 is 0 Å². The maximum absolute atomic E-state index is 11.8. The smallest absolute Gasteiger partial charge is 0.222 e. The normalized spacial score (nSPS) is 19.9. The van der Waals surface area contributed by atoms with Crippen LogP contribution in [-0.4, -0.2) is 22.5 Å². The Morgan fingerprint density at radius 1 is 1.18 bits per heavy atom. The van der Waals surface area contributed by atoms with E-state index >= 15 is 0 Å². The molecule has 0 unspecified atom stereocenters. The van der Waals surface area contributed by atoms with Crippen LogP contribution in [0.3, 0.4) is 0 Å². The lowest BCUT2D eigenvalue weighted by molar-refractivity contribution is -0.128. The summed E-state index contributed by atoms with van der Waals surface area (Å²) in [5.41, 5.74) is 1.60. The lowest BCUT2D eigenvalue weighted by Gasteiger charge is -2.26. The summed E-state index contributed by atoms with van der Waals surface area (Å²) >= 11 is 12.9. The van der Waals surface area contributed by atoms with E-state index in [-0.39, 0.29) is 11.7 Å². The van der Waals surface area contributed by atoms with Gasteiger partial charge in [-0.15, -0.1) is 0 Å². The Kier molecular flexibility index (Phi) is 4.84. The van der Waals surface area contributed by atoms with Crippen molar-refractivity contribution in [2.45, 2.75) is 57.4 Å². The van der Waals surface area contributed by atoms with Crippen LogP contribution in [0.4, 0.5) is 0 Å². The van der Waals surface area contributed by atoms with Gasteiger partial charge in [0.1, 0.15) is 5.75 Å². The first-order chi connectivity index (χ1) is 10.6. The molecule has 0 atom stereocenters. The molecule has 1 aliphatic heterocycles. The average Bonchev–Trinajstić information content (AvgIpc) is 2.89. The Labute approximate surface area is 141 Å². The lowest BCUT2D eigenvalue weighted by atomic mass is 9.83. The standard InChI is InChI=1S/C17H21Cl2NO2/c18-13-9-14(21)16(11-5-2-1-3-6-11)17(19)12(13)10-20-8-4-7-15(20)22/h9,11,21H,1-8,10H2. The molecule has 1 aliphatic carbocycles. The minimum atomic E-state index is 0.152. The molecular weight excluding hydrogens is 321 g/mol. The molecular formula is C17H21Cl2NO2. The van der Waals surface area contributed by atoms with E-state index in [4.69, 9.17) is 23.2 Å². The van der Waals surface area contributed by atoms with Crippen LogP contribution >= 0.6 is 23.2 Å². The summed E-state index contributed by atoms with van der Waals surface area (Å²) in [6.45, 7) is 1.20. The third-order valence-electron chi connectivity index (χ3n) is 4.86. The van der Waals surface area contributed by atoms with Crippen molar-refractivity contribution in [3.05, 3.63) is 27.2 Å². The molecule has 1 heterocycles. The predicted molar refractivity (Wildman–Crippen MR) is 88.6 cm³/mol. The quantitative estimate of drug-likeness (QED) is 0.851. The van der Waals surface area contributed by atoms with Gasteiger partial charge in [0.25, 0.3) is 0 Å². The Morgan fingerprint density at radius 2 is 1.91 bits per heavy atom. The Hall–Kier alpha value is -0.930. The second-order valence-electron chi connectivity index (χ2n) is 6.34.